The van der Waals surface area contributed by atoms with Crippen LogP contribution >= 0.6 is 10.5 Å². The van der Waals surface area contributed by atoms with Crippen LogP contribution in [0.3, 0.4) is 0 Å². The van der Waals surface area contributed by atoms with E-state index in [1.54, 1.807) is 0 Å². The van der Waals surface area contributed by atoms with E-state index < -0.39 is 0 Å². The summed E-state index contributed by atoms with van der Waals surface area (Å²) in [6.45, 7) is 2.13. The molecule has 0 fully saturated rings. The number of aryl methyl sites for hydroxylation is 1. The molecule has 0 bridgehead atoms. The van der Waals surface area contributed by atoms with Crippen LogP contribution in [-0.2, 0) is 6.26 Å². The Morgan fingerprint density at radius 3 is 1.89 bits per heavy atom. The van der Waals surface area contributed by atoms with Crippen LogP contribution in [0.25, 0.3) is 21.7 Å². The third-order valence-electron chi connectivity index (χ3n) is 3.32. The van der Waals surface area contributed by atoms with Gasteiger partial charge in [0.05, 0.1) is 0 Å². The molecule has 0 amide bonds. The van der Waals surface area contributed by atoms with Gasteiger partial charge >= 0.3 is 0 Å². The van der Waals surface area contributed by atoms with Crippen LogP contribution < -0.4 is 0 Å². The summed E-state index contributed by atoms with van der Waals surface area (Å²) in [6.07, 6.45) is 2.26. The maximum atomic E-state index is 4.81. The molecule has 1 unspecified atom stereocenters. The van der Waals surface area contributed by atoms with Gasteiger partial charge in [0.25, 0.3) is 0 Å². The first kappa shape index (κ1) is 12.1. The zero-order valence-corrected chi connectivity index (χ0v) is 11.9. The molecule has 0 N–H and O–H groups in total. The average molecular weight is 266 g/mol. The van der Waals surface area contributed by atoms with E-state index in [0.29, 0.717) is 0 Å². The SMILES string of the molecule is Cc1nc(-c2ccccc2)c(-c2ccccc2)[s+]1C. The van der Waals surface area contributed by atoms with Gasteiger partial charge in [-0.3, -0.25) is 0 Å². The molecule has 2 heteroatoms. The molecule has 1 heterocycles. The summed E-state index contributed by atoms with van der Waals surface area (Å²) in [7, 11) is 0.0927. The van der Waals surface area contributed by atoms with Crippen molar-refractivity contribution in [2.24, 2.45) is 6.26 Å². The Morgan fingerprint density at radius 2 is 1.32 bits per heavy atom. The molecular formula is C17H16NS+. The quantitative estimate of drug-likeness (QED) is 0.594. The number of hydrogen-bond donors (Lipinski definition) is 0. The number of nitrogens with zero attached hydrogens (tertiary/aromatic N) is 1. The number of thiazole rings is 1. The van der Waals surface area contributed by atoms with Gasteiger partial charge in [0.1, 0.15) is 11.9 Å². The minimum atomic E-state index is 0.0927. The van der Waals surface area contributed by atoms with Crippen LogP contribution in [0.2, 0.25) is 0 Å². The van der Waals surface area contributed by atoms with Crippen molar-refractivity contribution in [1.29, 1.82) is 0 Å². The lowest BCUT2D eigenvalue weighted by atomic mass is 10.1. The zero-order chi connectivity index (χ0) is 13.2. The van der Waals surface area contributed by atoms with Crippen molar-refractivity contribution in [1.82, 2.24) is 4.98 Å². The van der Waals surface area contributed by atoms with Crippen LogP contribution in [0, 0.1) is 6.92 Å². The smallest absolute Gasteiger partial charge is 0.196 e. The first-order valence-electron chi connectivity index (χ1n) is 6.34. The van der Waals surface area contributed by atoms with E-state index in [4.69, 9.17) is 4.98 Å². The van der Waals surface area contributed by atoms with Crippen molar-refractivity contribution >= 4 is 10.5 Å². The lowest BCUT2D eigenvalue weighted by Crippen LogP contribution is -1.81. The van der Waals surface area contributed by atoms with Gasteiger partial charge in [-0.05, 0) is 12.1 Å². The second-order valence-corrected chi connectivity index (χ2v) is 6.57. The summed E-state index contributed by atoms with van der Waals surface area (Å²) < 4.78 is 0. The molecule has 94 valence electrons. The van der Waals surface area contributed by atoms with Crippen molar-refractivity contribution < 1.29 is 0 Å². The molecule has 2 aromatic carbocycles. The molecule has 0 spiro atoms. The monoisotopic (exact) mass is 266 g/mol. The summed E-state index contributed by atoms with van der Waals surface area (Å²) in [6, 6.07) is 21.1. The highest BCUT2D eigenvalue weighted by atomic mass is 32.2. The van der Waals surface area contributed by atoms with E-state index in [1.807, 2.05) is 6.07 Å². The third kappa shape index (κ3) is 2.20. The zero-order valence-electron chi connectivity index (χ0n) is 11.1. The van der Waals surface area contributed by atoms with Crippen molar-refractivity contribution in [2.45, 2.75) is 6.92 Å². The lowest BCUT2D eigenvalue weighted by Gasteiger charge is -1.99. The molecule has 1 aromatic heterocycles. The Balaban J connectivity index is 2.25. The van der Waals surface area contributed by atoms with Gasteiger partial charge < -0.3 is 0 Å². The van der Waals surface area contributed by atoms with Gasteiger partial charge in [0.2, 0.25) is 9.88 Å². The van der Waals surface area contributed by atoms with Crippen molar-refractivity contribution in [3.63, 3.8) is 0 Å². The fourth-order valence-corrected chi connectivity index (χ4v) is 3.73. The topological polar surface area (TPSA) is 12.9 Å². The summed E-state index contributed by atoms with van der Waals surface area (Å²) in [5.74, 6) is 0. The van der Waals surface area contributed by atoms with Gasteiger partial charge in [-0.25, -0.2) is 0 Å². The fraction of sp³-hybridized carbons (Fsp3) is 0.118. The van der Waals surface area contributed by atoms with E-state index in [1.165, 1.54) is 21.0 Å². The molecule has 19 heavy (non-hydrogen) atoms. The molecule has 0 saturated heterocycles. The molecule has 1 nitrogen and oxygen atoms in total. The fourth-order valence-electron chi connectivity index (χ4n) is 2.26. The molecule has 0 saturated carbocycles. The van der Waals surface area contributed by atoms with E-state index in [0.717, 1.165) is 5.69 Å². The largest absolute Gasteiger partial charge is 0.239 e. The first-order valence-corrected chi connectivity index (χ1v) is 7.97. The highest BCUT2D eigenvalue weighted by Crippen LogP contribution is 2.42. The number of rotatable bonds is 2. The Kier molecular flexibility index (Phi) is 3.18. The highest BCUT2D eigenvalue weighted by molar-refractivity contribution is 7.33. The second kappa shape index (κ2) is 4.98. The molecule has 1 atom stereocenters. The number of hydrogen-bond acceptors (Lipinski definition) is 1. The van der Waals surface area contributed by atoms with E-state index in [9.17, 15) is 0 Å². The Morgan fingerprint density at radius 1 is 0.789 bits per heavy atom. The van der Waals surface area contributed by atoms with Gasteiger partial charge in [-0.1, -0.05) is 48.5 Å². The molecule has 3 rings (SSSR count). The van der Waals surface area contributed by atoms with Crippen molar-refractivity contribution in [2.75, 3.05) is 0 Å². The average Bonchev–Trinajstić information content (AvgIpc) is 2.77. The standard InChI is InChI=1S/C17H16NS/c1-13-18-16(14-9-5-3-6-10-14)17(19(13)2)15-11-7-4-8-12-15/h3-12H,1-2H3/q+1. The molecule has 0 aliphatic heterocycles. The summed E-state index contributed by atoms with van der Waals surface area (Å²) in [5.41, 5.74) is 3.63. The van der Waals surface area contributed by atoms with Crippen LogP contribution in [0.4, 0.5) is 0 Å². The van der Waals surface area contributed by atoms with Gasteiger partial charge in [-0.15, -0.1) is 0 Å². The normalized spacial score (nSPS) is 11.6. The van der Waals surface area contributed by atoms with E-state index in [-0.39, 0.29) is 10.5 Å². The van der Waals surface area contributed by atoms with Crippen LogP contribution in [0.5, 0.6) is 0 Å². The van der Waals surface area contributed by atoms with Crippen LogP contribution in [0.1, 0.15) is 5.01 Å². The molecule has 0 radical (unpaired) electrons. The maximum absolute atomic E-state index is 4.81. The lowest BCUT2D eigenvalue weighted by molar-refractivity contribution is 1.29. The Labute approximate surface area is 116 Å². The predicted octanol–water partition coefficient (Wildman–Crippen LogP) is 5.01. The van der Waals surface area contributed by atoms with Crippen molar-refractivity contribution in [3.8, 4) is 21.7 Å². The van der Waals surface area contributed by atoms with Crippen LogP contribution in [0.15, 0.2) is 60.7 Å². The van der Waals surface area contributed by atoms with Gasteiger partial charge in [0, 0.05) is 28.5 Å². The third-order valence-corrected chi connectivity index (χ3v) is 5.34. The summed E-state index contributed by atoms with van der Waals surface area (Å²) in [5, 5.41) is 1.22. The number of benzene rings is 2. The molecular weight excluding hydrogens is 250 g/mol. The van der Waals surface area contributed by atoms with Crippen molar-refractivity contribution in [3.05, 3.63) is 65.7 Å². The minimum absolute atomic E-state index is 0.0927. The summed E-state index contributed by atoms with van der Waals surface area (Å²) >= 11 is 0. The summed E-state index contributed by atoms with van der Waals surface area (Å²) in [4.78, 5) is 6.17. The maximum Gasteiger partial charge on any atom is 0.239 e. The predicted molar refractivity (Wildman–Crippen MR) is 83.3 cm³/mol. The van der Waals surface area contributed by atoms with Gasteiger partial charge in [0.15, 0.2) is 0 Å². The van der Waals surface area contributed by atoms with E-state index >= 15 is 0 Å². The molecule has 3 aromatic rings. The second-order valence-electron chi connectivity index (χ2n) is 4.55. The van der Waals surface area contributed by atoms with Crippen LogP contribution in [-0.4, -0.2) is 4.98 Å². The first-order chi connectivity index (χ1) is 9.27. The van der Waals surface area contributed by atoms with E-state index in [2.05, 4.69) is 67.8 Å². The minimum Gasteiger partial charge on any atom is -0.196 e. The highest BCUT2D eigenvalue weighted by Gasteiger charge is 2.24. The van der Waals surface area contributed by atoms with Gasteiger partial charge in [-0.2, -0.15) is 4.98 Å². The number of aromatic nitrogens is 1. The molecule has 0 aliphatic rings. The molecule has 0 aliphatic carbocycles. The Bertz CT molecular complexity index is 684. The Hall–Kier alpha value is -1.93.